The van der Waals surface area contributed by atoms with Crippen molar-refractivity contribution in [1.82, 2.24) is 5.32 Å². The van der Waals surface area contributed by atoms with Gasteiger partial charge in [-0.1, -0.05) is 29.3 Å². The highest BCUT2D eigenvalue weighted by Gasteiger charge is 2.22. The predicted molar refractivity (Wildman–Crippen MR) is 78.0 cm³/mol. The summed E-state index contributed by atoms with van der Waals surface area (Å²) in [5, 5.41) is 13.7. The van der Waals surface area contributed by atoms with E-state index in [-0.39, 0.29) is 18.4 Å². The van der Waals surface area contributed by atoms with Crippen molar-refractivity contribution in [3.05, 3.63) is 33.8 Å². The zero-order valence-corrected chi connectivity index (χ0v) is 12.5. The van der Waals surface area contributed by atoms with Crippen LogP contribution >= 0.6 is 23.2 Å². The number of hydrogen-bond acceptors (Lipinski definition) is 3. The number of aliphatic hydroxyl groups excluding tert-OH is 1. The minimum absolute atomic E-state index is 0.0309. The molecule has 20 heavy (non-hydrogen) atoms. The van der Waals surface area contributed by atoms with Crippen LogP contribution in [0.5, 0.6) is 0 Å². The molecule has 1 fully saturated rings. The van der Waals surface area contributed by atoms with Crippen molar-refractivity contribution >= 4 is 29.1 Å². The Hall–Kier alpha value is -0.810. The van der Waals surface area contributed by atoms with Crippen molar-refractivity contribution in [1.29, 1.82) is 0 Å². The van der Waals surface area contributed by atoms with Gasteiger partial charge in [-0.25, -0.2) is 0 Å². The number of ether oxygens (including phenoxy) is 1. The van der Waals surface area contributed by atoms with Gasteiger partial charge in [-0.2, -0.15) is 0 Å². The van der Waals surface area contributed by atoms with Crippen LogP contribution in [0.15, 0.2) is 18.2 Å². The van der Waals surface area contributed by atoms with Gasteiger partial charge < -0.3 is 15.2 Å². The molecule has 1 saturated heterocycles. The molecule has 110 valence electrons. The molecule has 0 spiro atoms. The number of rotatable bonds is 4. The molecule has 1 aromatic rings. The molecule has 2 N–H and O–H groups in total. The molecule has 0 aromatic heterocycles. The summed E-state index contributed by atoms with van der Waals surface area (Å²) in [6.07, 6.45) is 0.608. The summed E-state index contributed by atoms with van der Waals surface area (Å²) in [6.45, 7) is 1.37. The molecule has 6 heteroatoms. The second kappa shape index (κ2) is 7.27. The van der Waals surface area contributed by atoms with Crippen molar-refractivity contribution in [3.8, 4) is 0 Å². The average molecular weight is 318 g/mol. The summed E-state index contributed by atoms with van der Waals surface area (Å²) >= 11 is 11.8. The van der Waals surface area contributed by atoms with E-state index in [9.17, 15) is 9.90 Å². The second-order valence-electron chi connectivity index (χ2n) is 4.81. The quantitative estimate of drug-likeness (QED) is 0.897. The van der Waals surface area contributed by atoms with Crippen LogP contribution in [-0.4, -0.2) is 30.8 Å². The summed E-state index contributed by atoms with van der Waals surface area (Å²) in [4.78, 5) is 11.9. The summed E-state index contributed by atoms with van der Waals surface area (Å²) in [5.41, 5.74) is 0.559. The monoisotopic (exact) mass is 317 g/mol. The number of hydrogen-bond donors (Lipinski definition) is 2. The topological polar surface area (TPSA) is 58.6 Å². The lowest BCUT2D eigenvalue weighted by Gasteiger charge is -2.22. The van der Waals surface area contributed by atoms with Crippen molar-refractivity contribution in [2.24, 2.45) is 5.92 Å². The Labute approximate surface area is 128 Å². The smallest absolute Gasteiger partial charge is 0.223 e. The molecule has 0 saturated carbocycles. The summed E-state index contributed by atoms with van der Waals surface area (Å²) in [5.74, 6) is -0.0749. The molecule has 1 aromatic carbocycles. The van der Waals surface area contributed by atoms with E-state index in [1.54, 1.807) is 18.2 Å². The zero-order valence-electron chi connectivity index (χ0n) is 10.9. The number of benzene rings is 1. The maximum atomic E-state index is 11.9. The van der Waals surface area contributed by atoms with Gasteiger partial charge in [-0.3, -0.25) is 4.79 Å². The fourth-order valence-electron chi connectivity index (χ4n) is 2.18. The largest absolute Gasteiger partial charge is 0.387 e. The summed E-state index contributed by atoms with van der Waals surface area (Å²) in [7, 11) is 0. The molecule has 1 amide bonds. The molecule has 1 aliphatic heterocycles. The van der Waals surface area contributed by atoms with Gasteiger partial charge in [0.2, 0.25) is 5.91 Å². The third kappa shape index (κ3) is 4.09. The fourth-order valence-corrected chi connectivity index (χ4v) is 2.72. The van der Waals surface area contributed by atoms with Crippen LogP contribution in [0.25, 0.3) is 0 Å². The van der Waals surface area contributed by atoms with E-state index < -0.39 is 6.10 Å². The number of carbonyl (C=O) groups is 1. The second-order valence-corrected chi connectivity index (χ2v) is 5.66. The van der Waals surface area contributed by atoms with Gasteiger partial charge in [-0.15, -0.1) is 0 Å². The molecule has 0 aliphatic carbocycles. The fraction of sp³-hybridized carbons (Fsp3) is 0.500. The average Bonchev–Trinajstić information content (AvgIpc) is 2.45. The first-order chi connectivity index (χ1) is 9.58. The van der Waals surface area contributed by atoms with Gasteiger partial charge in [0.15, 0.2) is 0 Å². The predicted octanol–water partition coefficient (Wildman–Crippen LogP) is 2.57. The number of carbonyl (C=O) groups excluding carboxylic acids is 1. The van der Waals surface area contributed by atoms with Gasteiger partial charge in [0.25, 0.3) is 0 Å². The Morgan fingerprint density at radius 2 is 2.10 bits per heavy atom. The SMILES string of the molecule is O=C(NC[C@H](O)c1ccc(Cl)cc1Cl)C1CCOCC1. The van der Waals surface area contributed by atoms with Crippen LogP contribution in [-0.2, 0) is 9.53 Å². The van der Waals surface area contributed by atoms with Crippen LogP contribution in [0.2, 0.25) is 10.0 Å². The Morgan fingerprint density at radius 1 is 1.40 bits per heavy atom. The van der Waals surface area contributed by atoms with Gasteiger partial charge in [0, 0.05) is 41.3 Å². The van der Waals surface area contributed by atoms with Crippen molar-refractivity contribution in [2.75, 3.05) is 19.8 Å². The minimum Gasteiger partial charge on any atom is -0.387 e. The highest BCUT2D eigenvalue weighted by Crippen LogP contribution is 2.26. The molecule has 0 bridgehead atoms. The normalized spacial score (nSPS) is 17.8. The van der Waals surface area contributed by atoms with E-state index in [4.69, 9.17) is 27.9 Å². The Kier molecular flexibility index (Phi) is 5.66. The van der Waals surface area contributed by atoms with Crippen LogP contribution in [0, 0.1) is 5.92 Å². The molecule has 1 aliphatic rings. The molecule has 4 nitrogen and oxygen atoms in total. The van der Waals surface area contributed by atoms with Gasteiger partial charge in [0.05, 0.1) is 6.10 Å². The lowest BCUT2D eigenvalue weighted by Crippen LogP contribution is -2.36. The van der Waals surface area contributed by atoms with Crippen LogP contribution in [0.1, 0.15) is 24.5 Å². The molecule has 1 heterocycles. The maximum Gasteiger partial charge on any atom is 0.223 e. The van der Waals surface area contributed by atoms with Gasteiger partial charge >= 0.3 is 0 Å². The standard InChI is InChI=1S/C14H17Cl2NO3/c15-10-1-2-11(12(16)7-10)13(18)8-17-14(19)9-3-5-20-6-4-9/h1-2,7,9,13,18H,3-6,8H2,(H,17,19)/t13-/m0/s1. The van der Waals surface area contributed by atoms with E-state index >= 15 is 0 Å². The Balaban J connectivity index is 1.87. The maximum absolute atomic E-state index is 11.9. The van der Waals surface area contributed by atoms with Crippen molar-refractivity contribution < 1.29 is 14.6 Å². The molecule has 0 unspecified atom stereocenters. The third-order valence-electron chi connectivity index (χ3n) is 3.38. The van der Waals surface area contributed by atoms with E-state index in [2.05, 4.69) is 5.32 Å². The highest BCUT2D eigenvalue weighted by atomic mass is 35.5. The zero-order chi connectivity index (χ0) is 14.5. The van der Waals surface area contributed by atoms with Crippen LogP contribution in [0.3, 0.4) is 0 Å². The number of nitrogens with one attached hydrogen (secondary N) is 1. The Bertz CT molecular complexity index is 475. The third-order valence-corrected chi connectivity index (χ3v) is 3.95. The first kappa shape index (κ1) is 15.6. The van der Waals surface area contributed by atoms with Crippen molar-refractivity contribution in [2.45, 2.75) is 18.9 Å². The lowest BCUT2D eigenvalue weighted by atomic mass is 9.99. The first-order valence-electron chi connectivity index (χ1n) is 6.56. The first-order valence-corrected chi connectivity index (χ1v) is 7.32. The van der Waals surface area contributed by atoms with Crippen molar-refractivity contribution in [3.63, 3.8) is 0 Å². The van der Waals surface area contributed by atoms with E-state index in [0.717, 1.165) is 12.8 Å². The summed E-state index contributed by atoms with van der Waals surface area (Å²) < 4.78 is 5.21. The van der Waals surface area contributed by atoms with E-state index in [1.807, 2.05) is 0 Å². The Morgan fingerprint density at radius 3 is 2.75 bits per heavy atom. The van der Waals surface area contributed by atoms with Crippen LogP contribution in [0.4, 0.5) is 0 Å². The molecular formula is C14H17Cl2NO3. The molecule has 0 radical (unpaired) electrons. The van der Waals surface area contributed by atoms with Gasteiger partial charge in [-0.05, 0) is 25.0 Å². The van der Waals surface area contributed by atoms with Gasteiger partial charge in [0.1, 0.15) is 0 Å². The van der Waals surface area contributed by atoms with E-state index in [0.29, 0.717) is 28.8 Å². The number of aliphatic hydroxyl groups is 1. The molecular weight excluding hydrogens is 301 g/mol. The van der Waals surface area contributed by atoms with Crippen LogP contribution < -0.4 is 5.32 Å². The highest BCUT2D eigenvalue weighted by molar-refractivity contribution is 6.35. The lowest BCUT2D eigenvalue weighted by molar-refractivity contribution is -0.128. The summed E-state index contributed by atoms with van der Waals surface area (Å²) in [6, 6.07) is 4.89. The number of halogens is 2. The van der Waals surface area contributed by atoms with E-state index in [1.165, 1.54) is 0 Å². The molecule has 2 rings (SSSR count). The number of amides is 1. The minimum atomic E-state index is -0.844. The molecule has 1 atom stereocenters.